The zero-order chi connectivity index (χ0) is 7.56. The van der Waals surface area contributed by atoms with Gasteiger partial charge >= 0.3 is 0 Å². The topological polar surface area (TPSA) is 29.4 Å². The summed E-state index contributed by atoms with van der Waals surface area (Å²) in [5, 5.41) is 0.484. The molecule has 0 aromatic heterocycles. The second-order valence-electron chi connectivity index (χ2n) is 2.26. The number of carbonyl (C=O) groups is 1. The minimum Gasteiger partial charge on any atom is -0.299 e. The highest BCUT2D eigenvalue weighted by atomic mass is 35.5. The fraction of sp³-hybridized carbons (Fsp3) is 0.429. The molecule has 1 heterocycles. The molecule has 0 aromatic carbocycles. The van der Waals surface area contributed by atoms with E-state index in [1.807, 2.05) is 0 Å². The molecular weight excluding hydrogens is 150 g/mol. The van der Waals surface area contributed by atoms with Crippen molar-refractivity contribution in [3.63, 3.8) is 0 Å². The third-order valence-electron chi connectivity index (χ3n) is 1.44. The third-order valence-corrected chi connectivity index (χ3v) is 1.69. The molecule has 0 spiro atoms. The summed E-state index contributed by atoms with van der Waals surface area (Å²) < 4.78 is 0. The molecule has 0 aromatic rings. The van der Waals surface area contributed by atoms with Crippen LogP contribution >= 0.6 is 11.6 Å². The molecule has 2 nitrogen and oxygen atoms in total. The van der Waals surface area contributed by atoms with Crippen LogP contribution in [0.15, 0.2) is 16.2 Å². The van der Waals surface area contributed by atoms with E-state index in [-0.39, 0.29) is 11.7 Å². The number of aliphatic imine (C=N–C) groups is 1. The van der Waals surface area contributed by atoms with Gasteiger partial charge in [-0.1, -0.05) is 11.6 Å². The van der Waals surface area contributed by atoms with Crippen LogP contribution in [-0.2, 0) is 4.79 Å². The molecule has 1 aliphatic heterocycles. The first kappa shape index (κ1) is 7.48. The normalized spacial score (nSPS) is 24.2. The van der Waals surface area contributed by atoms with Crippen molar-refractivity contribution in [2.24, 2.45) is 10.9 Å². The summed E-state index contributed by atoms with van der Waals surface area (Å²) in [6.07, 6.45) is 4.05. The van der Waals surface area contributed by atoms with Gasteiger partial charge < -0.3 is 0 Å². The second-order valence-corrected chi connectivity index (χ2v) is 2.65. The molecule has 0 aliphatic carbocycles. The summed E-state index contributed by atoms with van der Waals surface area (Å²) >= 11 is 5.54. The molecule has 0 radical (unpaired) electrons. The predicted octanol–water partition coefficient (Wildman–Crippen LogP) is 1.75. The molecule has 0 bridgehead atoms. The summed E-state index contributed by atoms with van der Waals surface area (Å²) in [7, 11) is 0. The first-order valence-corrected chi connectivity index (χ1v) is 3.48. The van der Waals surface area contributed by atoms with Crippen molar-refractivity contribution in [1.29, 1.82) is 0 Å². The molecule has 10 heavy (non-hydrogen) atoms. The second kappa shape index (κ2) is 2.97. The molecule has 0 amide bonds. The zero-order valence-electron chi connectivity index (χ0n) is 5.67. The minimum atomic E-state index is -0.0532. The van der Waals surface area contributed by atoms with Gasteiger partial charge in [-0.15, -0.1) is 0 Å². The van der Waals surface area contributed by atoms with Crippen molar-refractivity contribution in [3.8, 4) is 0 Å². The Morgan fingerprint density at radius 3 is 3.00 bits per heavy atom. The van der Waals surface area contributed by atoms with E-state index >= 15 is 0 Å². The van der Waals surface area contributed by atoms with Crippen molar-refractivity contribution in [2.75, 3.05) is 0 Å². The van der Waals surface area contributed by atoms with E-state index in [0.29, 0.717) is 11.6 Å². The van der Waals surface area contributed by atoms with Crippen LogP contribution in [0, 0.1) is 5.92 Å². The fourth-order valence-electron chi connectivity index (χ4n) is 0.770. The van der Waals surface area contributed by atoms with Gasteiger partial charge in [0.25, 0.3) is 0 Å². The first-order chi connectivity index (χ1) is 4.70. The van der Waals surface area contributed by atoms with Crippen LogP contribution in [0.5, 0.6) is 0 Å². The van der Waals surface area contributed by atoms with Crippen molar-refractivity contribution in [1.82, 2.24) is 0 Å². The van der Waals surface area contributed by atoms with Gasteiger partial charge in [0.05, 0.1) is 5.92 Å². The van der Waals surface area contributed by atoms with Crippen molar-refractivity contribution >= 4 is 23.6 Å². The van der Waals surface area contributed by atoms with Gasteiger partial charge in [0.1, 0.15) is 10.9 Å². The molecule has 0 saturated heterocycles. The Labute approximate surface area is 64.6 Å². The molecule has 54 valence electrons. The van der Waals surface area contributed by atoms with Crippen LogP contribution in [0.3, 0.4) is 0 Å². The lowest BCUT2D eigenvalue weighted by Crippen LogP contribution is -2.13. The molecule has 1 rings (SSSR count). The van der Waals surface area contributed by atoms with Gasteiger partial charge in [0, 0.05) is 6.21 Å². The molecular formula is C7H8ClNO. The highest BCUT2D eigenvalue weighted by molar-refractivity contribution is 6.30. The lowest BCUT2D eigenvalue weighted by molar-refractivity contribution is -0.118. The van der Waals surface area contributed by atoms with Crippen LogP contribution in [0.2, 0.25) is 0 Å². The van der Waals surface area contributed by atoms with Crippen LogP contribution < -0.4 is 0 Å². The van der Waals surface area contributed by atoms with E-state index in [1.54, 1.807) is 19.2 Å². The monoisotopic (exact) mass is 157 g/mol. The highest BCUT2D eigenvalue weighted by Gasteiger charge is 2.12. The maximum atomic E-state index is 10.7. The molecule has 0 N–H and O–H groups in total. The SMILES string of the molecule is CC(=O)C1C=NC(Cl)=CC1. The Morgan fingerprint density at radius 2 is 2.60 bits per heavy atom. The molecule has 1 atom stereocenters. The predicted molar refractivity (Wildman–Crippen MR) is 41.2 cm³/mol. The van der Waals surface area contributed by atoms with Crippen LogP contribution in [0.4, 0.5) is 0 Å². The molecule has 0 saturated carbocycles. The zero-order valence-corrected chi connectivity index (χ0v) is 6.43. The largest absolute Gasteiger partial charge is 0.299 e. The summed E-state index contributed by atoms with van der Waals surface area (Å²) in [5.74, 6) is 0.0895. The Kier molecular flexibility index (Phi) is 2.22. The van der Waals surface area contributed by atoms with Crippen LogP contribution in [0.1, 0.15) is 13.3 Å². The van der Waals surface area contributed by atoms with Crippen LogP contribution in [-0.4, -0.2) is 12.0 Å². The number of ketones is 1. The van der Waals surface area contributed by atoms with Gasteiger partial charge in [0.15, 0.2) is 0 Å². The van der Waals surface area contributed by atoms with E-state index in [4.69, 9.17) is 11.6 Å². The summed E-state index contributed by atoms with van der Waals surface area (Å²) in [5.41, 5.74) is 0. The number of halogens is 1. The van der Waals surface area contributed by atoms with Crippen molar-refractivity contribution in [2.45, 2.75) is 13.3 Å². The van der Waals surface area contributed by atoms with Gasteiger partial charge in [-0.05, 0) is 19.4 Å². The van der Waals surface area contributed by atoms with E-state index in [1.165, 1.54) is 0 Å². The number of rotatable bonds is 1. The van der Waals surface area contributed by atoms with Crippen molar-refractivity contribution in [3.05, 3.63) is 11.2 Å². The average molecular weight is 158 g/mol. The van der Waals surface area contributed by atoms with E-state index < -0.39 is 0 Å². The van der Waals surface area contributed by atoms with Gasteiger partial charge in [0.2, 0.25) is 0 Å². The smallest absolute Gasteiger partial charge is 0.138 e. The summed E-state index contributed by atoms with van der Waals surface area (Å²) in [6, 6.07) is 0. The quantitative estimate of drug-likeness (QED) is 0.534. The Morgan fingerprint density at radius 1 is 1.90 bits per heavy atom. The van der Waals surface area contributed by atoms with Crippen molar-refractivity contribution < 1.29 is 4.79 Å². The van der Waals surface area contributed by atoms with Gasteiger partial charge in [-0.3, -0.25) is 4.79 Å². The Bertz CT molecular complexity index is 208. The fourth-order valence-corrected chi connectivity index (χ4v) is 0.915. The van der Waals surface area contributed by atoms with E-state index in [9.17, 15) is 4.79 Å². The number of nitrogens with zero attached hydrogens (tertiary/aromatic N) is 1. The highest BCUT2D eigenvalue weighted by Crippen LogP contribution is 2.15. The maximum Gasteiger partial charge on any atom is 0.138 e. The third kappa shape index (κ3) is 1.67. The lowest BCUT2D eigenvalue weighted by Gasteiger charge is -2.07. The number of hydrogen-bond acceptors (Lipinski definition) is 2. The lowest BCUT2D eigenvalue weighted by atomic mass is 10.0. The average Bonchev–Trinajstić information content (AvgIpc) is 1.88. The summed E-state index contributed by atoms with van der Waals surface area (Å²) in [4.78, 5) is 14.6. The van der Waals surface area contributed by atoms with Gasteiger partial charge in [-0.25, -0.2) is 4.99 Å². The maximum absolute atomic E-state index is 10.7. The minimum absolute atomic E-state index is 0.0532. The molecule has 1 aliphatic rings. The van der Waals surface area contributed by atoms with E-state index in [0.717, 1.165) is 0 Å². The summed E-state index contributed by atoms with van der Waals surface area (Å²) in [6.45, 7) is 1.56. The molecule has 3 heteroatoms. The number of Topliss-reactive ketones (excluding diaryl/α,β-unsaturated/α-hetero) is 1. The standard InChI is InChI=1S/C7H8ClNO/c1-5(10)6-2-3-7(8)9-4-6/h3-4,6H,2H2,1H3. The van der Waals surface area contributed by atoms with E-state index in [2.05, 4.69) is 4.99 Å². The number of allylic oxidation sites excluding steroid dienone is 1. The Hall–Kier alpha value is -0.630. The van der Waals surface area contributed by atoms with Gasteiger partial charge in [-0.2, -0.15) is 0 Å². The first-order valence-electron chi connectivity index (χ1n) is 3.10. The molecule has 1 unspecified atom stereocenters. The number of hydrogen-bond donors (Lipinski definition) is 0. The Balaban J connectivity index is 2.60. The number of carbonyl (C=O) groups excluding carboxylic acids is 1. The van der Waals surface area contributed by atoms with Crippen LogP contribution in [0.25, 0.3) is 0 Å². The molecule has 0 fully saturated rings.